The summed E-state index contributed by atoms with van der Waals surface area (Å²) in [6.45, 7) is 8.50. The molecule has 0 spiro atoms. The smallest absolute Gasteiger partial charge is 0.311 e. The highest BCUT2D eigenvalue weighted by Crippen LogP contribution is 2.15. The second-order valence-electron chi connectivity index (χ2n) is 9.16. The number of terminal acetylenes is 6. The maximum atomic E-state index is 11.8. The van der Waals surface area contributed by atoms with Crippen LogP contribution < -0.4 is 0 Å². The number of likely N-dealkylation sites (tertiary alicyclic amines) is 1. The van der Waals surface area contributed by atoms with Crippen molar-refractivity contribution in [3.8, 4) is 74.1 Å². The van der Waals surface area contributed by atoms with Gasteiger partial charge in [0.1, 0.15) is 5.60 Å². The first-order valence-corrected chi connectivity index (χ1v) is 12.0. The Labute approximate surface area is 224 Å². The molecule has 198 valence electrons. The summed E-state index contributed by atoms with van der Waals surface area (Å²) in [5.41, 5.74) is -0.488. The van der Waals surface area contributed by atoms with E-state index in [1.807, 2.05) is 20.8 Å². The van der Waals surface area contributed by atoms with Gasteiger partial charge in [-0.05, 0) is 46.7 Å². The van der Waals surface area contributed by atoms with Crippen molar-refractivity contribution < 1.29 is 19.4 Å². The lowest BCUT2D eigenvalue weighted by molar-refractivity contribution is -0.159. The van der Waals surface area contributed by atoms with Gasteiger partial charge in [0.05, 0.1) is 31.7 Å². The largest absolute Gasteiger partial charge is 0.460 e. The molecule has 0 unspecified atom stereocenters. The zero-order chi connectivity index (χ0) is 28.7. The molecule has 1 saturated heterocycles. The van der Waals surface area contributed by atoms with Crippen LogP contribution in [0.15, 0.2) is 0 Å². The highest BCUT2D eigenvalue weighted by atomic mass is 16.6. The third-order valence-electron chi connectivity index (χ3n) is 4.65. The van der Waals surface area contributed by atoms with E-state index in [-0.39, 0.29) is 17.8 Å². The molecule has 1 aliphatic rings. The fourth-order valence-corrected chi connectivity index (χ4v) is 2.94. The molecule has 0 aromatic rings. The van der Waals surface area contributed by atoms with Gasteiger partial charge in [-0.2, -0.15) is 0 Å². The Hall–Kier alpha value is -3.78. The van der Waals surface area contributed by atoms with Gasteiger partial charge < -0.3 is 14.7 Å². The normalized spacial score (nSPS) is 12.0. The zero-order valence-electron chi connectivity index (χ0n) is 22.5. The maximum absolute atomic E-state index is 11.8. The Morgan fingerprint density at radius 1 is 0.838 bits per heavy atom. The fourth-order valence-electron chi connectivity index (χ4n) is 2.94. The van der Waals surface area contributed by atoms with Gasteiger partial charge in [-0.3, -0.25) is 14.5 Å². The van der Waals surface area contributed by atoms with Gasteiger partial charge in [0.15, 0.2) is 0 Å². The summed E-state index contributed by atoms with van der Waals surface area (Å²) < 4.78 is 5.17. The Morgan fingerprint density at radius 2 is 1.27 bits per heavy atom. The molecule has 0 aromatic heterocycles. The summed E-state index contributed by atoms with van der Waals surface area (Å²) in [5.74, 6) is 13.7. The summed E-state index contributed by atoms with van der Waals surface area (Å²) in [6.07, 6.45) is 33.6. The van der Waals surface area contributed by atoms with Crippen LogP contribution in [0.4, 0.5) is 0 Å². The van der Waals surface area contributed by atoms with Crippen LogP contribution in [-0.4, -0.2) is 71.2 Å². The first-order valence-electron chi connectivity index (χ1n) is 12.0. The van der Waals surface area contributed by atoms with E-state index < -0.39 is 11.7 Å². The van der Waals surface area contributed by atoms with E-state index in [4.69, 9.17) is 48.4 Å². The number of carbonyl (C=O) groups excluding carboxylic acids is 2. The Balaban J connectivity index is 0. The number of rotatable bonds is 9. The monoisotopic (exact) mass is 504 g/mol. The molecule has 1 heterocycles. The second kappa shape index (κ2) is 21.5. The highest BCUT2D eigenvalue weighted by Gasteiger charge is 2.23. The Morgan fingerprint density at radius 3 is 1.62 bits per heavy atom. The predicted octanol–water partition coefficient (Wildman–Crippen LogP) is 2.56. The Bertz CT molecular complexity index is 881. The molecular weight excluding hydrogens is 464 g/mol. The van der Waals surface area contributed by atoms with E-state index in [2.05, 4.69) is 40.4 Å². The third-order valence-corrected chi connectivity index (χ3v) is 4.65. The summed E-state index contributed by atoms with van der Waals surface area (Å²) in [5, 5.41) is 8.76. The lowest BCUT2D eigenvalue weighted by atomic mass is 10.0. The van der Waals surface area contributed by atoms with Gasteiger partial charge in [-0.15, -0.1) is 62.2 Å². The quantitative estimate of drug-likeness (QED) is 0.386. The number of esters is 1. The number of carbonyl (C=O) groups is 2. The van der Waals surface area contributed by atoms with Crippen molar-refractivity contribution in [3.05, 3.63) is 0 Å². The molecule has 0 radical (unpaired) electrons. The molecule has 0 bridgehead atoms. The number of ether oxygens (including phenoxy) is 1. The topological polar surface area (TPSA) is 70.1 Å². The van der Waals surface area contributed by atoms with Crippen LogP contribution in [0.3, 0.4) is 0 Å². The molecular formula is C31H40N2O4. The minimum atomic E-state index is -0.509. The minimum Gasteiger partial charge on any atom is -0.460 e. The lowest BCUT2D eigenvalue weighted by Gasteiger charge is -2.22. The molecule has 1 N–H and O–H groups in total. The fraction of sp³-hybridized carbons (Fsp3) is 0.548. The van der Waals surface area contributed by atoms with Crippen molar-refractivity contribution in [1.29, 1.82) is 0 Å². The van der Waals surface area contributed by atoms with Crippen molar-refractivity contribution in [3.63, 3.8) is 0 Å². The van der Waals surface area contributed by atoms with Gasteiger partial charge in [-0.25, -0.2) is 0 Å². The van der Waals surface area contributed by atoms with Crippen LogP contribution in [0.1, 0.15) is 59.3 Å². The van der Waals surface area contributed by atoms with E-state index in [0.29, 0.717) is 45.3 Å². The molecule has 1 rings (SSSR count). The minimum absolute atomic E-state index is 0.0350. The third kappa shape index (κ3) is 20.1. The summed E-state index contributed by atoms with van der Waals surface area (Å²) in [6, 6.07) is 0. The molecule has 1 fully saturated rings. The number of hydrogen-bond donors (Lipinski definition) is 1. The first-order chi connectivity index (χ1) is 17.5. The molecule has 6 nitrogen and oxygen atoms in total. The molecule has 0 aliphatic carbocycles. The van der Waals surface area contributed by atoms with Crippen molar-refractivity contribution >= 4 is 11.9 Å². The standard InChI is InChI=1S/C12H16N2O.C12H16O2.C7H8O/c1-3-7-14(8-4-2)12(15)11-13-9-5-6-10-13;1-6-8-10(9-7-2)11(13)14-12(3,4)5;1-3-5-7(8)6-4-2/h1-2H,5-11H2;1-2,10H,8-9H2,3-5H3;1-2,7-8H,5-6H2. The van der Waals surface area contributed by atoms with Crippen LogP contribution in [0.2, 0.25) is 0 Å². The van der Waals surface area contributed by atoms with E-state index in [1.54, 1.807) is 4.90 Å². The average Bonchev–Trinajstić information content (AvgIpc) is 3.32. The average molecular weight is 505 g/mol. The van der Waals surface area contributed by atoms with Gasteiger partial charge in [-0.1, -0.05) is 11.8 Å². The number of amides is 1. The molecule has 0 saturated carbocycles. The van der Waals surface area contributed by atoms with Crippen molar-refractivity contribution in [2.75, 3.05) is 32.7 Å². The SMILES string of the molecule is C#CCC(CC#C)C(=O)OC(C)(C)C.C#CCC(O)CC#C.C#CCN(CC#C)C(=O)CN1CCCC1. The van der Waals surface area contributed by atoms with Gasteiger partial charge in [0, 0.05) is 25.7 Å². The highest BCUT2D eigenvalue weighted by molar-refractivity contribution is 5.78. The van der Waals surface area contributed by atoms with Gasteiger partial charge in [0.25, 0.3) is 0 Å². The Kier molecular flexibility index (Phi) is 20.6. The van der Waals surface area contributed by atoms with Crippen LogP contribution in [0.25, 0.3) is 0 Å². The van der Waals surface area contributed by atoms with Crippen molar-refractivity contribution in [1.82, 2.24) is 9.80 Å². The predicted molar refractivity (Wildman–Crippen MR) is 149 cm³/mol. The number of aliphatic hydroxyl groups is 1. The van der Waals surface area contributed by atoms with Gasteiger partial charge in [0.2, 0.25) is 5.91 Å². The molecule has 6 heteroatoms. The van der Waals surface area contributed by atoms with E-state index in [9.17, 15) is 9.59 Å². The van der Waals surface area contributed by atoms with Crippen LogP contribution in [0, 0.1) is 80.0 Å². The number of nitrogens with zero attached hydrogens (tertiary/aromatic N) is 2. The number of hydrogen-bond acceptors (Lipinski definition) is 5. The molecule has 37 heavy (non-hydrogen) atoms. The molecule has 0 aromatic carbocycles. The maximum Gasteiger partial charge on any atom is 0.311 e. The second-order valence-corrected chi connectivity index (χ2v) is 9.16. The van der Waals surface area contributed by atoms with Crippen LogP contribution >= 0.6 is 0 Å². The zero-order valence-corrected chi connectivity index (χ0v) is 22.5. The summed E-state index contributed by atoms with van der Waals surface area (Å²) in [7, 11) is 0. The number of aliphatic hydroxyl groups excluding tert-OH is 1. The van der Waals surface area contributed by atoms with Crippen molar-refractivity contribution in [2.24, 2.45) is 5.92 Å². The van der Waals surface area contributed by atoms with E-state index >= 15 is 0 Å². The lowest BCUT2D eigenvalue weighted by Crippen LogP contribution is -2.39. The summed E-state index contributed by atoms with van der Waals surface area (Å²) in [4.78, 5) is 27.0. The molecule has 1 amide bonds. The van der Waals surface area contributed by atoms with Crippen LogP contribution in [0.5, 0.6) is 0 Å². The van der Waals surface area contributed by atoms with Gasteiger partial charge >= 0.3 is 5.97 Å². The molecule has 1 aliphatic heterocycles. The first kappa shape index (κ1) is 35.4. The van der Waals surface area contributed by atoms with Crippen LogP contribution in [-0.2, 0) is 14.3 Å². The van der Waals surface area contributed by atoms with Crippen molar-refractivity contribution in [2.45, 2.75) is 71.0 Å². The van der Waals surface area contributed by atoms with E-state index in [1.165, 1.54) is 12.8 Å². The molecule has 0 atom stereocenters. The van der Waals surface area contributed by atoms with E-state index in [0.717, 1.165) is 13.1 Å². The summed E-state index contributed by atoms with van der Waals surface area (Å²) >= 11 is 0.